The van der Waals surface area contributed by atoms with Crippen molar-refractivity contribution in [2.24, 2.45) is 29.4 Å². The van der Waals surface area contributed by atoms with Gasteiger partial charge in [-0.05, 0) is 31.6 Å². The van der Waals surface area contributed by atoms with Gasteiger partial charge in [-0.15, -0.1) is 11.6 Å². The van der Waals surface area contributed by atoms with E-state index < -0.39 is 106 Å². The highest BCUT2D eigenvalue weighted by Gasteiger charge is 2.72. The molecule has 1 aromatic rings. The number of carbonyl (C=O) groups excluding carboxylic acids is 7. The second kappa shape index (κ2) is 10.0. The first-order valence-corrected chi connectivity index (χ1v) is 12.7. The minimum Gasteiger partial charge on any atom is -0.505 e. The van der Waals surface area contributed by atoms with Crippen LogP contribution in [0.15, 0.2) is 12.1 Å². The number of hydrogen-bond acceptors (Lipinski definition) is 11. The Morgan fingerprint density at radius 1 is 1.12 bits per heavy atom. The van der Waals surface area contributed by atoms with E-state index >= 15 is 0 Å². The number of carbonyl (C=O) groups is 7. The molecule has 0 aromatic heterocycles. The van der Waals surface area contributed by atoms with E-state index in [1.54, 1.807) is 6.92 Å². The Labute approximate surface area is 231 Å². The number of halogens is 1. The molecule has 2 unspecified atom stereocenters. The SMILES string of the molecule is C[C@H]1c2ccc(NC(=O)NC(=O)CCl)c(O)c2C(=O)C2C(=O)[C@]3(O)C(=O)C(C(N)=O)C(=O)[C@@H](N(C)C)[C@@H]3[C@@H](O)[C@@H]21. The second-order valence-corrected chi connectivity index (χ2v) is 10.7. The summed E-state index contributed by atoms with van der Waals surface area (Å²) in [7, 11) is 2.79. The first kappa shape index (κ1) is 29.3. The van der Waals surface area contributed by atoms with Crippen molar-refractivity contribution in [1.29, 1.82) is 0 Å². The second-order valence-electron chi connectivity index (χ2n) is 10.4. The van der Waals surface area contributed by atoms with E-state index in [1.165, 1.54) is 31.1 Å². The van der Waals surface area contributed by atoms with Crippen LogP contribution in [0, 0.1) is 23.7 Å². The Morgan fingerprint density at radius 2 is 1.75 bits per heavy atom. The summed E-state index contributed by atoms with van der Waals surface area (Å²) in [4.78, 5) is 91.0. The average molecular weight is 579 g/mol. The zero-order chi connectivity index (χ0) is 30.0. The molecule has 8 atom stereocenters. The molecule has 0 saturated heterocycles. The molecule has 214 valence electrons. The molecule has 15 heteroatoms. The number of rotatable bonds is 4. The van der Waals surface area contributed by atoms with Gasteiger partial charge in [0, 0.05) is 5.92 Å². The molecule has 2 fully saturated rings. The van der Waals surface area contributed by atoms with Crippen molar-refractivity contribution >= 4 is 58.3 Å². The van der Waals surface area contributed by atoms with Gasteiger partial charge in [0.15, 0.2) is 34.7 Å². The van der Waals surface area contributed by atoms with Crippen LogP contribution < -0.4 is 16.4 Å². The average Bonchev–Trinajstić information content (AvgIpc) is 2.87. The topological polar surface area (TPSA) is 233 Å². The molecular weight excluding hydrogens is 552 g/mol. The maximum absolute atomic E-state index is 13.9. The quantitative estimate of drug-likeness (QED) is 0.134. The summed E-state index contributed by atoms with van der Waals surface area (Å²) in [6.45, 7) is 1.55. The first-order valence-electron chi connectivity index (χ1n) is 12.2. The molecule has 0 radical (unpaired) electrons. The number of benzene rings is 1. The third-order valence-corrected chi connectivity index (χ3v) is 8.35. The maximum atomic E-state index is 13.9. The molecule has 4 rings (SSSR count). The summed E-state index contributed by atoms with van der Waals surface area (Å²) in [6.07, 6.45) is -1.76. The summed E-state index contributed by atoms with van der Waals surface area (Å²) in [5.74, 6) is -16.3. The number of hydrogen-bond donors (Lipinski definition) is 6. The number of alkyl halides is 1. The zero-order valence-electron chi connectivity index (χ0n) is 21.5. The predicted octanol–water partition coefficient (Wildman–Crippen LogP) is -1.71. The van der Waals surface area contributed by atoms with Crippen molar-refractivity contribution in [2.75, 3.05) is 25.3 Å². The van der Waals surface area contributed by atoms with Gasteiger partial charge in [0.1, 0.15) is 11.6 Å². The van der Waals surface area contributed by atoms with E-state index in [-0.39, 0.29) is 11.3 Å². The van der Waals surface area contributed by atoms with Gasteiger partial charge >= 0.3 is 6.03 Å². The van der Waals surface area contributed by atoms with Crippen molar-refractivity contribution in [2.45, 2.75) is 30.6 Å². The lowest BCUT2D eigenvalue weighted by atomic mass is 9.49. The number of likely N-dealkylation sites (N-methyl/N-ethyl adjacent to an activating group) is 1. The number of anilines is 1. The molecule has 3 aliphatic carbocycles. The van der Waals surface area contributed by atoms with Crippen LogP contribution in [0.25, 0.3) is 0 Å². The van der Waals surface area contributed by atoms with E-state index in [9.17, 15) is 48.9 Å². The van der Waals surface area contributed by atoms with Gasteiger partial charge in [-0.1, -0.05) is 13.0 Å². The van der Waals surface area contributed by atoms with Crippen LogP contribution in [-0.2, 0) is 24.0 Å². The number of phenols is 1. The van der Waals surface area contributed by atoms with E-state index in [4.69, 9.17) is 17.3 Å². The number of phenolic OH excluding ortho intramolecular Hbond substituents is 1. The largest absolute Gasteiger partial charge is 0.505 e. The molecule has 4 amide bonds. The molecule has 0 aliphatic heterocycles. The Kier molecular flexibility index (Phi) is 7.34. The van der Waals surface area contributed by atoms with Gasteiger partial charge in [0.2, 0.25) is 11.8 Å². The number of urea groups is 1. The fraction of sp³-hybridized carbons (Fsp3) is 0.480. The lowest BCUT2D eigenvalue weighted by Gasteiger charge is -2.56. The number of nitrogens with zero attached hydrogens (tertiary/aromatic N) is 1. The summed E-state index contributed by atoms with van der Waals surface area (Å²) in [5, 5.41) is 38.2. The van der Waals surface area contributed by atoms with Gasteiger partial charge in [0.05, 0.1) is 35.2 Å². The molecule has 3 aliphatic rings. The number of primary amides is 1. The fourth-order valence-electron chi connectivity index (χ4n) is 6.40. The first-order chi connectivity index (χ1) is 18.6. The number of nitrogens with two attached hydrogens (primary N) is 1. The molecule has 14 nitrogen and oxygen atoms in total. The Balaban J connectivity index is 1.84. The molecular formula is C25H27ClN4O10. The number of fused-ring (bicyclic) bond motifs is 3. The summed E-state index contributed by atoms with van der Waals surface area (Å²) in [5.41, 5.74) is 1.63. The lowest BCUT2D eigenvalue weighted by molar-refractivity contribution is -0.196. The monoisotopic (exact) mass is 578 g/mol. The molecule has 1 aromatic carbocycles. The fourth-order valence-corrected chi connectivity index (χ4v) is 6.47. The van der Waals surface area contributed by atoms with Crippen LogP contribution in [0.5, 0.6) is 5.75 Å². The molecule has 7 N–H and O–H groups in total. The normalized spacial score (nSPS) is 33.1. The Hall–Kier alpha value is -3.72. The van der Waals surface area contributed by atoms with Crippen molar-refractivity contribution in [3.63, 3.8) is 0 Å². The Bertz CT molecular complexity index is 1380. The number of aliphatic hydroxyl groups excluding tert-OH is 1. The zero-order valence-corrected chi connectivity index (χ0v) is 22.3. The molecule has 0 bridgehead atoms. The number of imide groups is 1. The number of amides is 4. The van der Waals surface area contributed by atoms with E-state index in [1.807, 2.05) is 5.32 Å². The number of nitrogens with one attached hydrogen (secondary N) is 2. The van der Waals surface area contributed by atoms with E-state index in [0.29, 0.717) is 0 Å². The standard InChI is InChI=1S/C25H27ClN4O10/c1-7-8-4-5-9(28-24(39)29-10(31)6-26)17(32)12(8)18(33)13-11(7)19(34)15-16(30(2)3)20(35)14(23(27)38)22(37)25(15,40)21(13)36/h4-5,7,11,13-16,19,32,34,40H,6H2,1-3H3,(H2,27,38)(H2,28,29,31,39)/t7-,11+,13?,14?,15+,16-,19-,25-/m0/s1. The summed E-state index contributed by atoms with van der Waals surface area (Å²) in [6, 6.07) is 0.0673. The highest BCUT2D eigenvalue weighted by molar-refractivity contribution is 6.32. The third-order valence-electron chi connectivity index (χ3n) is 8.11. The van der Waals surface area contributed by atoms with E-state index in [0.717, 1.165) is 0 Å². The van der Waals surface area contributed by atoms with Crippen LogP contribution in [0.1, 0.15) is 28.8 Å². The highest BCUT2D eigenvalue weighted by atomic mass is 35.5. The number of aromatic hydroxyl groups is 1. The van der Waals surface area contributed by atoms with Crippen LogP contribution in [0.2, 0.25) is 0 Å². The van der Waals surface area contributed by atoms with E-state index in [2.05, 4.69) is 5.32 Å². The van der Waals surface area contributed by atoms with Crippen molar-refractivity contribution in [1.82, 2.24) is 10.2 Å². The number of aliphatic hydroxyl groups is 2. The van der Waals surface area contributed by atoms with Crippen molar-refractivity contribution in [3.8, 4) is 5.75 Å². The lowest BCUT2D eigenvalue weighted by Crippen LogP contribution is -2.77. The molecule has 0 heterocycles. The highest BCUT2D eigenvalue weighted by Crippen LogP contribution is 2.55. The van der Waals surface area contributed by atoms with Gasteiger partial charge in [-0.25, -0.2) is 4.79 Å². The molecule has 0 spiro atoms. The van der Waals surface area contributed by atoms with Crippen LogP contribution in [0.4, 0.5) is 10.5 Å². The van der Waals surface area contributed by atoms with Crippen LogP contribution in [-0.4, -0.2) is 98.9 Å². The Morgan fingerprint density at radius 3 is 2.30 bits per heavy atom. The maximum Gasteiger partial charge on any atom is 0.326 e. The van der Waals surface area contributed by atoms with Crippen LogP contribution in [0.3, 0.4) is 0 Å². The smallest absolute Gasteiger partial charge is 0.326 e. The number of Topliss-reactive ketones (excluding diaryl/α,β-unsaturated/α-hetero) is 4. The third kappa shape index (κ3) is 4.01. The summed E-state index contributed by atoms with van der Waals surface area (Å²) >= 11 is 5.35. The minimum absolute atomic E-state index is 0.189. The summed E-state index contributed by atoms with van der Waals surface area (Å²) < 4.78 is 0. The van der Waals surface area contributed by atoms with Crippen molar-refractivity contribution in [3.05, 3.63) is 23.3 Å². The predicted molar refractivity (Wildman–Crippen MR) is 135 cm³/mol. The molecule has 2 saturated carbocycles. The molecule has 40 heavy (non-hydrogen) atoms. The van der Waals surface area contributed by atoms with Crippen molar-refractivity contribution < 1.29 is 48.9 Å². The van der Waals surface area contributed by atoms with Gasteiger partial charge < -0.3 is 26.4 Å². The minimum atomic E-state index is -3.12. The van der Waals surface area contributed by atoms with Gasteiger partial charge in [-0.2, -0.15) is 0 Å². The van der Waals surface area contributed by atoms with Gasteiger partial charge in [-0.3, -0.25) is 39.0 Å². The number of ketones is 4. The van der Waals surface area contributed by atoms with Crippen LogP contribution >= 0.6 is 11.6 Å². The van der Waals surface area contributed by atoms with Gasteiger partial charge in [0.25, 0.3) is 0 Å².